The maximum Gasteiger partial charge on any atom is 0.410 e. The van der Waals surface area contributed by atoms with Crippen molar-refractivity contribution in [3.63, 3.8) is 0 Å². The Kier molecular flexibility index (Phi) is 5.92. The molecule has 6 heteroatoms. The predicted molar refractivity (Wildman–Crippen MR) is 108 cm³/mol. The highest BCUT2D eigenvalue weighted by molar-refractivity contribution is 5.81. The first-order valence-electron chi connectivity index (χ1n) is 9.88. The number of likely N-dealkylation sites (tertiary alicyclic amines) is 1. The van der Waals surface area contributed by atoms with Gasteiger partial charge in [-0.15, -0.1) is 0 Å². The maximum absolute atomic E-state index is 12.3. The summed E-state index contributed by atoms with van der Waals surface area (Å²) in [6.07, 6.45) is 2.87. The van der Waals surface area contributed by atoms with Gasteiger partial charge in [0.1, 0.15) is 5.60 Å². The molecule has 1 heterocycles. The van der Waals surface area contributed by atoms with Crippen molar-refractivity contribution in [3.8, 4) is 0 Å². The van der Waals surface area contributed by atoms with Crippen LogP contribution in [0, 0.1) is 0 Å². The van der Waals surface area contributed by atoms with Crippen LogP contribution in [0.1, 0.15) is 51.5 Å². The van der Waals surface area contributed by atoms with Crippen LogP contribution < -0.4 is 10.6 Å². The van der Waals surface area contributed by atoms with Crippen LogP contribution in [0.5, 0.6) is 0 Å². The highest BCUT2D eigenvalue weighted by Crippen LogP contribution is 2.40. The van der Waals surface area contributed by atoms with Crippen molar-refractivity contribution < 1.29 is 9.53 Å². The molecule has 1 aliphatic carbocycles. The molecule has 1 aromatic rings. The Hall–Kier alpha value is -2.24. The summed E-state index contributed by atoms with van der Waals surface area (Å²) in [4.78, 5) is 18.5. The number of aliphatic imine (C=N–C) groups is 1. The van der Waals surface area contributed by atoms with E-state index in [0.29, 0.717) is 18.5 Å². The molecule has 3 atom stereocenters. The zero-order valence-corrected chi connectivity index (χ0v) is 16.9. The molecule has 27 heavy (non-hydrogen) atoms. The fourth-order valence-electron chi connectivity index (χ4n) is 3.55. The van der Waals surface area contributed by atoms with E-state index in [0.717, 1.165) is 31.8 Å². The third-order valence-corrected chi connectivity index (χ3v) is 4.98. The highest BCUT2D eigenvalue weighted by Gasteiger charge is 2.39. The van der Waals surface area contributed by atoms with Gasteiger partial charge in [-0.3, -0.25) is 4.99 Å². The molecule has 6 nitrogen and oxygen atoms in total. The van der Waals surface area contributed by atoms with E-state index in [1.165, 1.54) is 5.56 Å². The molecule has 0 radical (unpaired) electrons. The number of guanidine groups is 1. The minimum absolute atomic E-state index is 0.186. The fraction of sp³-hybridized carbons (Fsp3) is 0.619. The number of hydrogen-bond donors (Lipinski definition) is 2. The van der Waals surface area contributed by atoms with Gasteiger partial charge in [0.05, 0.1) is 0 Å². The van der Waals surface area contributed by atoms with E-state index >= 15 is 0 Å². The minimum atomic E-state index is -0.465. The lowest BCUT2D eigenvalue weighted by atomic mass is 10.1. The second-order valence-corrected chi connectivity index (χ2v) is 8.49. The van der Waals surface area contributed by atoms with Gasteiger partial charge in [-0.1, -0.05) is 30.3 Å². The normalized spacial score (nSPS) is 25.7. The molecule has 3 rings (SSSR count). The van der Waals surface area contributed by atoms with Crippen molar-refractivity contribution in [3.05, 3.63) is 35.9 Å². The second kappa shape index (κ2) is 8.19. The summed E-state index contributed by atoms with van der Waals surface area (Å²) in [6.45, 7) is 7.08. The monoisotopic (exact) mass is 372 g/mol. The van der Waals surface area contributed by atoms with E-state index in [1.54, 1.807) is 11.9 Å². The Balaban J connectivity index is 1.49. The number of amides is 1. The first kappa shape index (κ1) is 19.5. The average molecular weight is 373 g/mol. The predicted octanol–water partition coefficient (Wildman–Crippen LogP) is 3.11. The van der Waals surface area contributed by atoms with Gasteiger partial charge in [-0.25, -0.2) is 4.79 Å². The number of piperidine rings is 1. The summed E-state index contributed by atoms with van der Waals surface area (Å²) >= 11 is 0. The van der Waals surface area contributed by atoms with Crippen molar-refractivity contribution in [2.24, 2.45) is 4.99 Å². The number of carbonyl (C=O) groups excluding carboxylic acids is 1. The lowest BCUT2D eigenvalue weighted by molar-refractivity contribution is 0.0193. The Morgan fingerprint density at radius 3 is 2.63 bits per heavy atom. The largest absolute Gasteiger partial charge is 0.444 e. The SMILES string of the molecule is CN=C(NC1CCCN(C(=O)OC(C)(C)C)C1)NC1CC1c1ccccc1. The summed E-state index contributed by atoms with van der Waals surface area (Å²) in [5.74, 6) is 1.36. The van der Waals surface area contributed by atoms with Gasteiger partial charge < -0.3 is 20.3 Å². The standard InChI is InChI=1S/C21H32N4O2/c1-21(2,3)27-20(26)25-12-8-11-16(14-25)23-19(22-4)24-18-13-17(18)15-9-6-5-7-10-15/h5-7,9-10,16-18H,8,11-14H2,1-4H3,(H2,22,23,24). The number of hydrogen-bond acceptors (Lipinski definition) is 3. The molecule has 2 N–H and O–H groups in total. The number of nitrogens with one attached hydrogen (secondary N) is 2. The van der Waals surface area contributed by atoms with Gasteiger partial charge in [0.2, 0.25) is 0 Å². The van der Waals surface area contributed by atoms with Crippen LogP contribution in [0.2, 0.25) is 0 Å². The summed E-state index contributed by atoms with van der Waals surface area (Å²) in [7, 11) is 1.80. The van der Waals surface area contributed by atoms with E-state index in [1.807, 2.05) is 26.8 Å². The molecule has 0 spiro atoms. The van der Waals surface area contributed by atoms with Gasteiger partial charge in [0.15, 0.2) is 5.96 Å². The molecular formula is C21H32N4O2. The minimum Gasteiger partial charge on any atom is -0.444 e. The third kappa shape index (κ3) is 5.62. The fourth-order valence-corrected chi connectivity index (χ4v) is 3.55. The first-order chi connectivity index (χ1) is 12.9. The van der Waals surface area contributed by atoms with E-state index < -0.39 is 5.60 Å². The van der Waals surface area contributed by atoms with Crippen molar-refractivity contribution in [1.82, 2.24) is 15.5 Å². The Morgan fingerprint density at radius 2 is 1.96 bits per heavy atom. The van der Waals surface area contributed by atoms with Gasteiger partial charge >= 0.3 is 6.09 Å². The van der Waals surface area contributed by atoms with Crippen molar-refractivity contribution >= 4 is 12.1 Å². The summed E-state index contributed by atoms with van der Waals surface area (Å²) in [5.41, 5.74) is 0.909. The molecule has 1 saturated carbocycles. The molecule has 0 bridgehead atoms. The van der Waals surface area contributed by atoms with Crippen molar-refractivity contribution in [1.29, 1.82) is 0 Å². The lowest BCUT2D eigenvalue weighted by Crippen LogP contribution is -2.53. The molecule has 3 unspecified atom stereocenters. The van der Waals surface area contributed by atoms with Gasteiger partial charge in [0, 0.05) is 38.1 Å². The van der Waals surface area contributed by atoms with Crippen LogP contribution >= 0.6 is 0 Å². The van der Waals surface area contributed by atoms with Crippen LogP contribution in [-0.4, -0.2) is 54.8 Å². The van der Waals surface area contributed by atoms with Gasteiger partial charge in [0.25, 0.3) is 0 Å². The van der Waals surface area contributed by atoms with E-state index in [4.69, 9.17) is 4.74 Å². The zero-order chi connectivity index (χ0) is 19.4. The zero-order valence-electron chi connectivity index (χ0n) is 16.9. The number of carbonyl (C=O) groups is 1. The molecule has 1 aliphatic heterocycles. The van der Waals surface area contributed by atoms with Gasteiger partial charge in [-0.2, -0.15) is 0 Å². The molecule has 1 saturated heterocycles. The van der Waals surface area contributed by atoms with Crippen molar-refractivity contribution in [2.75, 3.05) is 20.1 Å². The lowest BCUT2D eigenvalue weighted by Gasteiger charge is -2.35. The maximum atomic E-state index is 12.3. The first-order valence-corrected chi connectivity index (χ1v) is 9.88. The highest BCUT2D eigenvalue weighted by atomic mass is 16.6. The Bertz CT molecular complexity index is 669. The Labute approximate surface area is 162 Å². The van der Waals surface area contributed by atoms with Crippen LogP contribution in [0.25, 0.3) is 0 Å². The van der Waals surface area contributed by atoms with Gasteiger partial charge in [-0.05, 0) is 45.6 Å². The van der Waals surface area contributed by atoms with Crippen LogP contribution in [0.4, 0.5) is 4.79 Å². The average Bonchev–Trinajstić information content (AvgIpc) is 3.40. The quantitative estimate of drug-likeness (QED) is 0.632. The molecule has 0 aromatic heterocycles. The summed E-state index contributed by atoms with van der Waals surface area (Å²) in [5, 5.41) is 7.01. The molecular weight excluding hydrogens is 340 g/mol. The molecule has 1 amide bonds. The molecule has 2 fully saturated rings. The van der Waals surface area contributed by atoms with E-state index in [-0.39, 0.29) is 12.1 Å². The van der Waals surface area contributed by atoms with E-state index in [9.17, 15) is 4.79 Å². The topological polar surface area (TPSA) is 66.0 Å². The smallest absolute Gasteiger partial charge is 0.410 e. The van der Waals surface area contributed by atoms with Crippen LogP contribution in [0.15, 0.2) is 35.3 Å². The van der Waals surface area contributed by atoms with E-state index in [2.05, 4.69) is 39.9 Å². The second-order valence-electron chi connectivity index (χ2n) is 8.49. The van der Waals surface area contributed by atoms with Crippen LogP contribution in [-0.2, 0) is 4.74 Å². The number of benzene rings is 1. The van der Waals surface area contributed by atoms with Crippen LogP contribution in [0.3, 0.4) is 0 Å². The molecule has 148 valence electrons. The number of ether oxygens (including phenoxy) is 1. The summed E-state index contributed by atoms with van der Waals surface area (Å²) < 4.78 is 5.51. The molecule has 2 aliphatic rings. The third-order valence-electron chi connectivity index (χ3n) is 4.98. The van der Waals surface area contributed by atoms with Crippen molar-refractivity contribution in [2.45, 2.75) is 63.6 Å². The number of rotatable bonds is 3. The summed E-state index contributed by atoms with van der Waals surface area (Å²) in [6, 6.07) is 11.2. The number of nitrogens with zero attached hydrogens (tertiary/aromatic N) is 2. The molecule has 1 aromatic carbocycles. The Morgan fingerprint density at radius 1 is 1.22 bits per heavy atom.